The fourth-order valence-electron chi connectivity index (χ4n) is 1.87. The Morgan fingerprint density at radius 3 is 2.30 bits per heavy atom. The summed E-state index contributed by atoms with van der Waals surface area (Å²) in [4.78, 5) is 24.5. The van der Waals surface area contributed by atoms with Crippen LogP contribution in [-0.4, -0.2) is 41.6 Å². The van der Waals surface area contributed by atoms with Crippen LogP contribution in [0.3, 0.4) is 0 Å². The summed E-state index contributed by atoms with van der Waals surface area (Å²) in [5, 5.41) is 8.89. The number of rotatable bonds is 7. The molecule has 1 N–H and O–H groups in total. The minimum absolute atomic E-state index is 0.209. The molecular weight excluding hydrogens is 258 g/mol. The number of amides is 1. The molecule has 0 aliphatic carbocycles. The molecular formula is C15H21NO4. The average molecular weight is 279 g/mol. The fraction of sp³-hybridized carbons (Fsp3) is 0.467. The number of aliphatic carboxylic acids is 1. The van der Waals surface area contributed by atoms with E-state index in [2.05, 4.69) is 0 Å². The number of hydrogen-bond acceptors (Lipinski definition) is 3. The summed E-state index contributed by atoms with van der Waals surface area (Å²) < 4.78 is 5.31. The van der Waals surface area contributed by atoms with Crippen molar-refractivity contribution < 1.29 is 19.4 Å². The molecule has 0 atom stereocenters. The van der Waals surface area contributed by atoms with Crippen molar-refractivity contribution in [2.24, 2.45) is 5.92 Å². The van der Waals surface area contributed by atoms with Gasteiger partial charge in [0, 0.05) is 12.1 Å². The van der Waals surface area contributed by atoms with Crippen molar-refractivity contribution in [2.45, 2.75) is 20.8 Å². The van der Waals surface area contributed by atoms with Gasteiger partial charge in [0.2, 0.25) is 0 Å². The van der Waals surface area contributed by atoms with Gasteiger partial charge in [-0.1, -0.05) is 13.8 Å². The van der Waals surface area contributed by atoms with E-state index in [9.17, 15) is 9.59 Å². The van der Waals surface area contributed by atoms with Crippen molar-refractivity contribution >= 4 is 11.9 Å². The summed E-state index contributed by atoms with van der Waals surface area (Å²) >= 11 is 0. The molecule has 110 valence electrons. The largest absolute Gasteiger partial charge is 0.494 e. The molecule has 0 saturated carbocycles. The van der Waals surface area contributed by atoms with E-state index in [1.54, 1.807) is 24.3 Å². The Kier molecular flexibility index (Phi) is 6.03. The highest BCUT2D eigenvalue weighted by Crippen LogP contribution is 2.14. The maximum atomic E-state index is 12.3. The number of carboxylic acids is 1. The molecule has 0 aromatic heterocycles. The molecule has 0 heterocycles. The molecule has 5 heteroatoms. The van der Waals surface area contributed by atoms with Gasteiger partial charge in [-0.3, -0.25) is 9.59 Å². The summed E-state index contributed by atoms with van der Waals surface area (Å²) in [6.07, 6.45) is 0. The van der Waals surface area contributed by atoms with Crippen molar-refractivity contribution in [3.63, 3.8) is 0 Å². The molecule has 0 saturated heterocycles. The first-order valence-electron chi connectivity index (χ1n) is 6.68. The average Bonchev–Trinajstić information content (AvgIpc) is 2.37. The Hall–Kier alpha value is -2.04. The second-order valence-electron chi connectivity index (χ2n) is 4.93. The van der Waals surface area contributed by atoms with Crippen molar-refractivity contribution in [2.75, 3.05) is 19.7 Å². The van der Waals surface area contributed by atoms with Gasteiger partial charge >= 0.3 is 5.97 Å². The first-order chi connectivity index (χ1) is 9.43. The molecule has 1 aromatic rings. The van der Waals surface area contributed by atoms with Crippen LogP contribution in [0.15, 0.2) is 24.3 Å². The Labute approximate surface area is 119 Å². The lowest BCUT2D eigenvalue weighted by atomic mass is 10.1. The van der Waals surface area contributed by atoms with Gasteiger partial charge in [-0.25, -0.2) is 0 Å². The van der Waals surface area contributed by atoms with E-state index < -0.39 is 5.97 Å². The molecule has 20 heavy (non-hydrogen) atoms. The molecule has 0 aliphatic heterocycles. The lowest BCUT2D eigenvalue weighted by Crippen LogP contribution is -2.38. The Balaban J connectivity index is 2.84. The van der Waals surface area contributed by atoms with E-state index in [1.165, 1.54) is 4.90 Å². The van der Waals surface area contributed by atoms with E-state index in [4.69, 9.17) is 9.84 Å². The topological polar surface area (TPSA) is 66.8 Å². The lowest BCUT2D eigenvalue weighted by Gasteiger charge is -2.22. The number of nitrogens with zero attached hydrogens (tertiary/aromatic N) is 1. The number of carbonyl (C=O) groups excluding carboxylic acids is 1. The highest BCUT2D eigenvalue weighted by molar-refractivity contribution is 5.95. The monoisotopic (exact) mass is 279 g/mol. The highest BCUT2D eigenvalue weighted by atomic mass is 16.5. The predicted octanol–water partition coefficient (Wildman–Crippen LogP) is 2.27. The summed E-state index contributed by atoms with van der Waals surface area (Å²) in [5.74, 6) is -0.382. The van der Waals surface area contributed by atoms with Crippen LogP contribution in [0.25, 0.3) is 0 Å². The molecule has 0 aliphatic rings. The van der Waals surface area contributed by atoms with Crippen LogP contribution in [0.1, 0.15) is 31.1 Å². The molecule has 0 unspecified atom stereocenters. The standard InChI is InChI=1S/C15H21NO4/c1-4-20-13-7-5-12(6-8-13)15(19)16(9-11(2)3)10-14(17)18/h5-8,11H,4,9-10H2,1-3H3,(H,17,18). The third-order valence-electron chi connectivity index (χ3n) is 2.61. The maximum Gasteiger partial charge on any atom is 0.323 e. The highest BCUT2D eigenvalue weighted by Gasteiger charge is 2.19. The SMILES string of the molecule is CCOc1ccc(C(=O)N(CC(=O)O)CC(C)C)cc1. The van der Waals surface area contributed by atoms with E-state index >= 15 is 0 Å². The summed E-state index contributed by atoms with van der Waals surface area (Å²) in [7, 11) is 0. The van der Waals surface area contributed by atoms with Crippen molar-refractivity contribution in [3.05, 3.63) is 29.8 Å². The second kappa shape index (κ2) is 7.53. The Bertz CT molecular complexity index is 453. The number of carbonyl (C=O) groups is 2. The molecule has 5 nitrogen and oxygen atoms in total. The Morgan fingerprint density at radius 2 is 1.85 bits per heavy atom. The van der Waals surface area contributed by atoms with Crippen molar-refractivity contribution in [1.29, 1.82) is 0 Å². The van der Waals surface area contributed by atoms with Crippen LogP contribution < -0.4 is 4.74 Å². The van der Waals surface area contributed by atoms with Crippen LogP contribution in [-0.2, 0) is 4.79 Å². The molecule has 0 radical (unpaired) electrons. The zero-order valence-electron chi connectivity index (χ0n) is 12.1. The summed E-state index contributed by atoms with van der Waals surface area (Å²) in [6, 6.07) is 6.74. The molecule has 1 amide bonds. The number of hydrogen-bond donors (Lipinski definition) is 1. The van der Waals surface area contributed by atoms with Gasteiger partial charge in [0.05, 0.1) is 6.61 Å². The summed E-state index contributed by atoms with van der Waals surface area (Å²) in [6.45, 7) is 6.46. The molecule has 0 bridgehead atoms. The molecule has 1 rings (SSSR count). The van der Waals surface area contributed by atoms with Gasteiger partial charge in [-0.15, -0.1) is 0 Å². The number of benzene rings is 1. The van der Waals surface area contributed by atoms with E-state index in [-0.39, 0.29) is 18.4 Å². The fourth-order valence-corrected chi connectivity index (χ4v) is 1.87. The van der Waals surface area contributed by atoms with Crippen LogP contribution in [0.4, 0.5) is 0 Å². The van der Waals surface area contributed by atoms with Gasteiger partial charge in [-0.05, 0) is 37.1 Å². The van der Waals surface area contributed by atoms with Crippen LogP contribution >= 0.6 is 0 Å². The first kappa shape index (κ1) is 16.0. The molecule has 1 aromatic carbocycles. The quantitative estimate of drug-likeness (QED) is 0.831. The van der Waals surface area contributed by atoms with Crippen molar-refractivity contribution in [1.82, 2.24) is 4.90 Å². The third-order valence-corrected chi connectivity index (χ3v) is 2.61. The summed E-state index contributed by atoms with van der Waals surface area (Å²) in [5.41, 5.74) is 0.468. The van der Waals surface area contributed by atoms with Gasteiger partial charge in [0.1, 0.15) is 12.3 Å². The van der Waals surface area contributed by atoms with Gasteiger partial charge < -0.3 is 14.7 Å². The van der Waals surface area contributed by atoms with Crippen LogP contribution in [0.5, 0.6) is 5.75 Å². The third kappa shape index (κ3) is 4.91. The smallest absolute Gasteiger partial charge is 0.323 e. The zero-order valence-corrected chi connectivity index (χ0v) is 12.1. The minimum Gasteiger partial charge on any atom is -0.494 e. The minimum atomic E-state index is -1.01. The maximum absolute atomic E-state index is 12.3. The van der Waals surface area contributed by atoms with E-state index in [0.29, 0.717) is 24.5 Å². The number of ether oxygens (including phenoxy) is 1. The second-order valence-corrected chi connectivity index (χ2v) is 4.93. The molecule has 0 fully saturated rings. The Morgan fingerprint density at radius 1 is 1.25 bits per heavy atom. The van der Waals surface area contributed by atoms with Crippen LogP contribution in [0, 0.1) is 5.92 Å². The van der Waals surface area contributed by atoms with Crippen molar-refractivity contribution in [3.8, 4) is 5.75 Å². The van der Waals surface area contributed by atoms with Gasteiger partial charge in [-0.2, -0.15) is 0 Å². The zero-order chi connectivity index (χ0) is 15.1. The van der Waals surface area contributed by atoms with Gasteiger partial charge in [0.25, 0.3) is 5.91 Å². The van der Waals surface area contributed by atoms with E-state index in [1.807, 2.05) is 20.8 Å². The number of carboxylic acid groups (broad SMARTS) is 1. The lowest BCUT2D eigenvalue weighted by molar-refractivity contribution is -0.137. The van der Waals surface area contributed by atoms with Gasteiger partial charge in [0.15, 0.2) is 0 Å². The normalized spacial score (nSPS) is 10.4. The van der Waals surface area contributed by atoms with E-state index in [0.717, 1.165) is 0 Å². The van der Waals surface area contributed by atoms with Crippen LogP contribution in [0.2, 0.25) is 0 Å². The first-order valence-corrected chi connectivity index (χ1v) is 6.68. The predicted molar refractivity (Wildman–Crippen MR) is 76.0 cm³/mol. The molecule has 0 spiro atoms.